The van der Waals surface area contributed by atoms with Gasteiger partial charge in [0.15, 0.2) is 0 Å². The van der Waals surface area contributed by atoms with Gasteiger partial charge in [0.05, 0.1) is 6.67 Å². The van der Waals surface area contributed by atoms with Gasteiger partial charge in [-0.2, -0.15) is 0 Å². The number of hydrogen-bond donors (Lipinski definition) is 0. The summed E-state index contributed by atoms with van der Waals surface area (Å²) in [6.07, 6.45) is 7.00. The lowest BCUT2D eigenvalue weighted by atomic mass is 9.90. The van der Waals surface area contributed by atoms with Crippen molar-refractivity contribution in [3.05, 3.63) is 11.1 Å². The van der Waals surface area contributed by atoms with Crippen LogP contribution in [0.1, 0.15) is 52.9 Å². The van der Waals surface area contributed by atoms with Crippen molar-refractivity contribution >= 4 is 0 Å². The summed E-state index contributed by atoms with van der Waals surface area (Å²) in [6, 6.07) is 0.710. The molecule has 0 amide bonds. The summed E-state index contributed by atoms with van der Waals surface area (Å²) in [6.45, 7) is 15.9. The Hall–Kier alpha value is -0.380. The van der Waals surface area contributed by atoms with Gasteiger partial charge in [-0.3, -0.25) is 14.7 Å². The number of allylic oxidation sites excluding steroid dienone is 2. The molecule has 0 N–H and O–H groups in total. The molecule has 1 aliphatic carbocycles. The van der Waals surface area contributed by atoms with Crippen LogP contribution in [0.3, 0.4) is 0 Å². The summed E-state index contributed by atoms with van der Waals surface area (Å²) in [7, 11) is 0. The second-order valence-electron chi connectivity index (χ2n) is 8.04. The molecule has 0 radical (unpaired) electrons. The van der Waals surface area contributed by atoms with E-state index in [-0.39, 0.29) is 0 Å². The Bertz CT molecular complexity index is 379. The molecule has 0 aromatic carbocycles. The van der Waals surface area contributed by atoms with Crippen LogP contribution in [0.25, 0.3) is 0 Å². The van der Waals surface area contributed by atoms with E-state index in [1.165, 1.54) is 78.0 Å². The molecule has 0 aromatic heterocycles. The lowest BCUT2D eigenvalue weighted by Gasteiger charge is -2.41. The maximum atomic E-state index is 2.70. The van der Waals surface area contributed by atoms with Crippen LogP contribution in [0, 0.1) is 5.92 Å². The van der Waals surface area contributed by atoms with E-state index in [1.54, 1.807) is 11.1 Å². The fourth-order valence-corrected chi connectivity index (χ4v) is 4.10. The van der Waals surface area contributed by atoms with Crippen molar-refractivity contribution in [1.82, 2.24) is 14.7 Å². The first-order valence-electron chi connectivity index (χ1n) is 9.48. The predicted octanol–water partition coefficient (Wildman–Crippen LogP) is 3.18. The molecule has 0 atom stereocenters. The predicted molar refractivity (Wildman–Crippen MR) is 94.0 cm³/mol. The van der Waals surface area contributed by atoms with Crippen molar-refractivity contribution in [2.24, 2.45) is 5.92 Å². The van der Waals surface area contributed by atoms with E-state index in [1.807, 2.05) is 0 Å². The molecule has 2 saturated heterocycles. The van der Waals surface area contributed by atoms with Crippen molar-refractivity contribution in [2.75, 3.05) is 45.9 Å². The second kappa shape index (κ2) is 7.46. The summed E-state index contributed by atoms with van der Waals surface area (Å²) >= 11 is 0. The average molecular weight is 306 g/mol. The third-order valence-corrected chi connectivity index (χ3v) is 5.94. The van der Waals surface area contributed by atoms with E-state index < -0.39 is 0 Å². The van der Waals surface area contributed by atoms with E-state index in [0.717, 1.165) is 5.92 Å². The molecule has 0 bridgehead atoms. The van der Waals surface area contributed by atoms with Crippen molar-refractivity contribution in [3.8, 4) is 0 Å². The number of hydrogen-bond acceptors (Lipinski definition) is 3. The van der Waals surface area contributed by atoms with Crippen LogP contribution in [0.4, 0.5) is 0 Å². The fourth-order valence-electron chi connectivity index (χ4n) is 4.10. The highest BCUT2D eigenvalue weighted by Crippen LogP contribution is 2.35. The molecular weight excluding hydrogens is 270 g/mol. The van der Waals surface area contributed by atoms with Crippen LogP contribution in [0.5, 0.6) is 0 Å². The van der Waals surface area contributed by atoms with Crippen molar-refractivity contribution in [2.45, 2.75) is 58.9 Å². The molecule has 0 unspecified atom stereocenters. The zero-order valence-corrected chi connectivity index (χ0v) is 15.0. The number of rotatable bonds is 5. The molecule has 3 heteroatoms. The van der Waals surface area contributed by atoms with Gasteiger partial charge in [-0.05, 0) is 71.9 Å². The molecule has 3 fully saturated rings. The van der Waals surface area contributed by atoms with E-state index in [2.05, 4.69) is 35.5 Å². The normalized spacial score (nSPS) is 25.9. The van der Waals surface area contributed by atoms with Crippen molar-refractivity contribution in [1.29, 1.82) is 0 Å². The van der Waals surface area contributed by atoms with Gasteiger partial charge in [0.25, 0.3) is 0 Å². The van der Waals surface area contributed by atoms with Crippen LogP contribution in [0.2, 0.25) is 0 Å². The number of piperidine rings is 1. The summed E-state index contributed by atoms with van der Waals surface area (Å²) in [4.78, 5) is 7.97. The molecule has 3 rings (SSSR count). The van der Waals surface area contributed by atoms with Gasteiger partial charge in [0.2, 0.25) is 0 Å². The maximum absolute atomic E-state index is 2.70. The van der Waals surface area contributed by atoms with Gasteiger partial charge < -0.3 is 0 Å². The SMILES string of the molecule is CC(CC1CCN(CN2CCN(C(C)C)CC2)CC1)=C1CC1. The van der Waals surface area contributed by atoms with Gasteiger partial charge in [0.1, 0.15) is 0 Å². The Labute approximate surface area is 137 Å². The van der Waals surface area contributed by atoms with Crippen LogP contribution in [-0.2, 0) is 0 Å². The largest absolute Gasteiger partial charge is 0.298 e. The van der Waals surface area contributed by atoms with Crippen molar-refractivity contribution < 1.29 is 0 Å². The minimum absolute atomic E-state index is 0.710. The first kappa shape index (κ1) is 16.5. The van der Waals surface area contributed by atoms with Gasteiger partial charge in [-0.25, -0.2) is 0 Å². The van der Waals surface area contributed by atoms with Gasteiger partial charge in [-0.15, -0.1) is 0 Å². The number of piperazine rings is 1. The van der Waals surface area contributed by atoms with Crippen LogP contribution in [0.15, 0.2) is 11.1 Å². The Morgan fingerprint density at radius 3 is 2.09 bits per heavy atom. The summed E-state index contributed by atoms with van der Waals surface area (Å²) in [5.41, 5.74) is 3.49. The first-order chi connectivity index (χ1) is 10.6. The minimum Gasteiger partial charge on any atom is -0.298 e. The molecule has 0 aromatic rings. The molecule has 22 heavy (non-hydrogen) atoms. The first-order valence-corrected chi connectivity index (χ1v) is 9.48. The molecule has 2 aliphatic heterocycles. The molecule has 2 heterocycles. The lowest BCUT2D eigenvalue weighted by Crippen LogP contribution is -2.52. The van der Waals surface area contributed by atoms with Crippen LogP contribution >= 0.6 is 0 Å². The quantitative estimate of drug-likeness (QED) is 0.722. The smallest absolute Gasteiger partial charge is 0.0507 e. The fraction of sp³-hybridized carbons (Fsp3) is 0.895. The molecule has 1 saturated carbocycles. The number of likely N-dealkylation sites (tertiary alicyclic amines) is 1. The average Bonchev–Trinajstić information content (AvgIpc) is 3.34. The topological polar surface area (TPSA) is 9.72 Å². The van der Waals surface area contributed by atoms with E-state index in [0.29, 0.717) is 6.04 Å². The zero-order chi connectivity index (χ0) is 15.5. The Morgan fingerprint density at radius 2 is 1.55 bits per heavy atom. The maximum Gasteiger partial charge on any atom is 0.0507 e. The van der Waals surface area contributed by atoms with Crippen LogP contribution in [-0.4, -0.2) is 66.7 Å². The highest BCUT2D eigenvalue weighted by atomic mass is 15.4. The molecule has 0 spiro atoms. The minimum atomic E-state index is 0.710. The molecular formula is C19H35N3. The highest BCUT2D eigenvalue weighted by molar-refractivity contribution is 5.23. The van der Waals surface area contributed by atoms with E-state index >= 15 is 0 Å². The third-order valence-electron chi connectivity index (χ3n) is 5.94. The third kappa shape index (κ3) is 4.56. The standard InChI is InChI=1S/C19H35N3/c1-16(2)22-12-10-21(11-13-22)15-20-8-6-18(7-9-20)14-17(3)19-4-5-19/h16,18H,4-15H2,1-3H3. The van der Waals surface area contributed by atoms with Crippen molar-refractivity contribution in [3.63, 3.8) is 0 Å². The number of nitrogens with zero attached hydrogens (tertiary/aromatic N) is 3. The van der Waals surface area contributed by atoms with Gasteiger partial charge in [0, 0.05) is 32.2 Å². The second-order valence-corrected chi connectivity index (χ2v) is 8.04. The lowest BCUT2D eigenvalue weighted by molar-refractivity contribution is 0.0467. The summed E-state index contributed by atoms with van der Waals surface area (Å²) in [5, 5.41) is 0. The highest BCUT2D eigenvalue weighted by Gasteiger charge is 2.25. The Morgan fingerprint density at radius 1 is 0.955 bits per heavy atom. The summed E-state index contributed by atoms with van der Waals surface area (Å²) in [5.74, 6) is 0.960. The van der Waals surface area contributed by atoms with Crippen LogP contribution < -0.4 is 0 Å². The van der Waals surface area contributed by atoms with E-state index in [4.69, 9.17) is 0 Å². The molecule has 126 valence electrons. The molecule has 3 aliphatic rings. The van der Waals surface area contributed by atoms with Gasteiger partial charge in [-0.1, -0.05) is 11.1 Å². The zero-order valence-electron chi connectivity index (χ0n) is 15.0. The van der Waals surface area contributed by atoms with E-state index in [9.17, 15) is 0 Å². The monoisotopic (exact) mass is 305 g/mol. The Kier molecular flexibility index (Phi) is 5.59. The summed E-state index contributed by atoms with van der Waals surface area (Å²) < 4.78 is 0. The Balaban J connectivity index is 1.35. The molecule has 3 nitrogen and oxygen atoms in total. The van der Waals surface area contributed by atoms with Gasteiger partial charge >= 0.3 is 0 Å².